The van der Waals surface area contributed by atoms with Gasteiger partial charge in [0.2, 0.25) is 0 Å². The highest BCUT2D eigenvalue weighted by atomic mass is 16.5. The Balaban J connectivity index is 1.61. The van der Waals surface area contributed by atoms with Crippen molar-refractivity contribution in [3.05, 3.63) is 89.5 Å². The first-order valence-corrected chi connectivity index (χ1v) is 10.6. The molecule has 7 heteroatoms. The van der Waals surface area contributed by atoms with E-state index in [1.165, 1.54) is 30.3 Å². The van der Waals surface area contributed by atoms with Crippen molar-refractivity contribution in [1.29, 1.82) is 5.26 Å². The minimum atomic E-state index is -0.788. The first kappa shape index (κ1) is 24.1. The molecule has 1 amide bonds. The van der Waals surface area contributed by atoms with Crippen LogP contribution in [0.1, 0.15) is 29.3 Å². The number of carbonyl (C=O) groups is 2. The van der Waals surface area contributed by atoms with E-state index in [1.54, 1.807) is 55.6 Å². The number of methoxy groups -OCH3 is 1. The Labute approximate surface area is 198 Å². The molecule has 0 saturated carbocycles. The molecule has 0 heterocycles. The van der Waals surface area contributed by atoms with Crippen molar-refractivity contribution in [2.45, 2.75) is 13.3 Å². The second-order valence-electron chi connectivity index (χ2n) is 7.18. The van der Waals surface area contributed by atoms with Gasteiger partial charge in [0.15, 0.2) is 0 Å². The van der Waals surface area contributed by atoms with E-state index in [4.69, 9.17) is 14.2 Å². The molecular weight excluding hydrogens is 432 g/mol. The maximum Gasteiger partial charge on any atom is 0.354 e. The third kappa shape index (κ3) is 6.71. The highest BCUT2D eigenvalue weighted by Gasteiger charge is 2.13. The Morgan fingerprint density at radius 2 is 1.53 bits per heavy atom. The number of hydrogen-bond donors (Lipinski definition) is 1. The lowest BCUT2D eigenvalue weighted by atomic mass is 10.1. The first-order valence-electron chi connectivity index (χ1n) is 10.6. The fraction of sp³-hybridized carbons (Fsp3) is 0.148. The van der Waals surface area contributed by atoms with Crippen LogP contribution in [-0.4, -0.2) is 25.6 Å². The number of nitriles is 1. The fourth-order valence-corrected chi connectivity index (χ4v) is 2.90. The van der Waals surface area contributed by atoms with E-state index < -0.39 is 5.97 Å². The average Bonchev–Trinajstić information content (AvgIpc) is 2.87. The molecule has 0 unspecified atom stereocenters. The number of nitrogens with zero attached hydrogens (tertiary/aromatic N) is 1. The first-order chi connectivity index (χ1) is 16.5. The number of anilines is 1. The highest BCUT2D eigenvalue weighted by molar-refractivity contribution is 6.04. The molecule has 0 aliphatic heterocycles. The van der Waals surface area contributed by atoms with Gasteiger partial charge in [0.1, 0.15) is 28.9 Å². The van der Waals surface area contributed by atoms with Crippen LogP contribution in [0, 0.1) is 11.3 Å². The number of nitrogens with one attached hydrogen (secondary N) is 1. The van der Waals surface area contributed by atoms with Crippen molar-refractivity contribution in [1.82, 2.24) is 0 Å². The van der Waals surface area contributed by atoms with Gasteiger partial charge in [0.25, 0.3) is 5.91 Å². The van der Waals surface area contributed by atoms with Crippen molar-refractivity contribution >= 4 is 23.6 Å². The molecule has 0 aromatic heterocycles. The van der Waals surface area contributed by atoms with Crippen LogP contribution < -0.4 is 19.5 Å². The molecule has 0 fully saturated rings. The molecule has 0 aliphatic rings. The van der Waals surface area contributed by atoms with Crippen LogP contribution in [0.2, 0.25) is 0 Å². The molecule has 0 saturated heterocycles. The molecule has 0 radical (unpaired) electrons. The van der Waals surface area contributed by atoms with Gasteiger partial charge in [0, 0.05) is 11.3 Å². The number of amides is 1. The molecule has 34 heavy (non-hydrogen) atoms. The zero-order chi connectivity index (χ0) is 24.3. The fourth-order valence-electron chi connectivity index (χ4n) is 2.90. The lowest BCUT2D eigenvalue weighted by Gasteiger charge is -2.08. The van der Waals surface area contributed by atoms with E-state index >= 15 is 0 Å². The predicted octanol–water partition coefficient (Wildman–Crippen LogP) is 5.25. The lowest BCUT2D eigenvalue weighted by molar-refractivity contribution is -0.129. The van der Waals surface area contributed by atoms with Crippen molar-refractivity contribution in [3.8, 4) is 23.3 Å². The molecule has 172 valence electrons. The number of carbonyl (C=O) groups excluding carboxylic acids is 2. The minimum Gasteiger partial charge on any atom is -0.497 e. The zero-order valence-corrected chi connectivity index (χ0v) is 18.9. The van der Waals surface area contributed by atoms with Gasteiger partial charge in [0.05, 0.1) is 13.7 Å². The van der Waals surface area contributed by atoms with Crippen molar-refractivity contribution in [2.75, 3.05) is 19.0 Å². The van der Waals surface area contributed by atoms with Crippen LogP contribution >= 0.6 is 0 Å². The van der Waals surface area contributed by atoms with Gasteiger partial charge in [-0.05, 0) is 78.7 Å². The minimum absolute atomic E-state index is 0.149. The standard InChI is InChI=1S/C27H24N2O5/c1-3-16-33-24-10-4-19(5-11-24)17-21(18-28)27(31)34-25-12-6-20(7-13-25)26(30)29-22-8-14-23(32-2)15-9-22/h4-15,17H,3,16H2,1-2H3,(H,29,30)/b21-17+. The number of benzene rings is 3. The van der Waals surface area contributed by atoms with Gasteiger partial charge in [-0.25, -0.2) is 4.79 Å². The Morgan fingerprint density at radius 1 is 0.912 bits per heavy atom. The second kappa shape index (κ2) is 11.9. The number of hydrogen-bond acceptors (Lipinski definition) is 6. The van der Waals surface area contributed by atoms with E-state index in [0.717, 1.165) is 12.2 Å². The van der Waals surface area contributed by atoms with Gasteiger partial charge in [-0.3, -0.25) is 4.79 Å². The number of esters is 1. The molecule has 3 aromatic rings. The molecule has 0 bridgehead atoms. The maximum atomic E-state index is 12.4. The van der Waals surface area contributed by atoms with Crippen LogP contribution in [0.3, 0.4) is 0 Å². The Kier molecular flexibility index (Phi) is 8.42. The summed E-state index contributed by atoms with van der Waals surface area (Å²) in [7, 11) is 1.57. The average molecular weight is 456 g/mol. The van der Waals surface area contributed by atoms with E-state index in [9.17, 15) is 14.9 Å². The topological polar surface area (TPSA) is 97.6 Å². The van der Waals surface area contributed by atoms with Crippen molar-refractivity contribution in [2.24, 2.45) is 0 Å². The number of rotatable bonds is 9. The summed E-state index contributed by atoms with van der Waals surface area (Å²) in [5, 5.41) is 12.2. The van der Waals surface area contributed by atoms with E-state index in [1.807, 2.05) is 13.0 Å². The van der Waals surface area contributed by atoms with Gasteiger partial charge < -0.3 is 19.5 Å². The van der Waals surface area contributed by atoms with Crippen LogP contribution in [0.25, 0.3) is 6.08 Å². The van der Waals surface area contributed by atoms with Gasteiger partial charge >= 0.3 is 5.97 Å². The molecule has 0 atom stereocenters. The molecule has 0 spiro atoms. The normalized spacial score (nSPS) is 10.7. The largest absolute Gasteiger partial charge is 0.497 e. The Morgan fingerprint density at radius 3 is 2.12 bits per heavy atom. The van der Waals surface area contributed by atoms with Crippen LogP contribution in [0.15, 0.2) is 78.4 Å². The molecule has 7 nitrogen and oxygen atoms in total. The summed E-state index contributed by atoms with van der Waals surface area (Å²) in [6.07, 6.45) is 2.35. The maximum absolute atomic E-state index is 12.4. The third-order valence-corrected chi connectivity index (χ3v) is 4.68. The summed E-state index contributed by atoms with van der Waals surface area (Å²) in [5.74, 6) is 0.524. The third-order valence-electron chi connectivity index (χ3n) is 4.68. The molecule has 1 N–H and O–H groups in total. The molecule has 3 aromatic carbocycles. The zero-order valence-electron chi connectivity index (χ0n) is 18.9. The van der Waals surface area contributed by atoms with Gasteiger partial charge in [-0.2, -0.15) is 5.26 Å². The summed E-state index contributed by atoms with van der Waals surface area (Å²) >= 11 is 0. The van der Waals surface area contributed by atoms with Crippen molar-refractivity contribution in [3.63, 3.8) is 0 Å². The summed E-state index contributed by atoms with van der Waals surface area (Å²) in [4.78, 5) is 24.9. The highest BCUT2D eigenvalue weighted by Crippen LogP contribution is 2.19. The molecule has 0 aliphatic carbocycles. The molecule has 3 rings (SSSR count). The summed E-state index contributed by atoms with van der Waals surface area (Å²) in [5.41, 5.74) is 1.53. The van der Waals surface area contributed by atoms with E-state index in [-0.39, 0.29) is 17.2 Å². The van der Waals surface area contributed by atoms with Crippen LogP contribution in [0.5, 0.6) is 17.2 Å². The smallest absolute Gasteiger partial charge is 0.354 e. The van der Waals surface area contributed by atoms with Gasteiger partial charge in [-0.1, -0.05) is 19.1 Å². The summed E-state index contributed by atoms with van der Waals surface area (Å²) < 4.78 is 15.9. The quantitative estimate of drug-likeness (QED) is 0.204. The van der Waals surface area contributed by atoms with Crippen LogP contribution in [-0.2, 0) is 4.79 Å². The lowest BCUT2D eigenvalue weighted by Crippen LogP contribution is -2.12. The summed E-state index contributed by atoms with van der Waals surface area (Å²) in [6, 6.07) is 21.9. The monoisotopic (exact) mass is 456 g/mol. The van der Waals surface area contributed by atoms with Crippen molar-refractivity contribution < 1.29 is 23.8 Å². The Hall–Kier alpha value is -4.57. The molecular formula is C27H24N2O5. The predicted molar refractivity (Wildman–Crippen MR) is 129 cm³/mol. The SMILES string of the molecule is CCCOc1ccc(/C=C(\C#N)C(=O)Oc2ccc(C(=O)Nc3ccc(OC)cc3)cc2)cc1. The Bertz CT molecular complexity index is 1190. The summed E-state index contributed by atoms with van der Waals surface area (Å²) in [6.45, 7) is 2.64. The van der Waals surface area contributed by atoms with Crippen LogP contribution in [0.4, 0.5) is 5.69 Å². The number of ether oxygens (including phenoxy) is 3. The van der Waals surface area contributed by atoms with E-state index in [0.29, 0.717) is 29.2 Å². The van der Waals surface area contributed by atoms with E-state index in [2.05, 4.69) is 5.32 Å². The second-order valence-corrected chi connectivity index (χ2v) is 7.18. The van der Waals surface area contributed by atoms with Gasteiger partial charge in [-0.15, -0.1) is 0 Å².